The minimum absolute atomic E-state index is 0.0844. The van der Waals surface area contributed by atoms with Crippen molar-refractivity contribution in [2.24, 2.45) is 0 Å². The van der Waals surface area contributed by atoms with Crippen LogP contribution in [0.3, 0.4) is 0 Å². The van der Waals surface area contributed by atoms with Crippen molar-refractivity contribution in [3.8, 4) is 17.0 Å². The van der Waals surface area contributed by atoms with Gasteiger partial charge < -0.3 is 9.84 Å². The second-order valence-corrected chi connectivity index (χ2v) is 3.41. The second kappa shape index (κ2) is 4.65. The van der Waals surface area contributed by atoms with E-state index in [1.807, 2.05) is 30.3 Å². The van der Waals surface area contributed by atoms with Crippen molar-refractivity contribution >= 4 is 5.97 Å². The molecule has 1 heterocycles. The molecule has 4 nitrogen and oxygen atoms in total. The lowest BCUT2D eigenvalue weighted by molar-refractivity contribution is 0.0597. The maximum atomic E-state index is 11.6. The molecule has 2 aromatic rings. The van der Waals surface area contributed by atoms with Gasteiger partial charge in [-0.15, -0.1) is 0 Å². The van der Waals surface area contributed by atoms with E-state index in [0.29, 0.717) is 5.56 Å². The molecule has 0 amide bonds. The molecule has 0 bridgehead atoms. The SMILES string of the molecule is COC(=O)c1c(-c2ccccc2)ccnc1O. The van der Waals surface area contributed by atoms with Crippen LogP contribution in [-0.2, 0) is 4.74 Å². The molecule has 17 heavy (non-hydrogen) atoms. The van der Waals surface area contributed by atoms with Gasteiger partial charge in [-0.05, 0) is 11.6 Å². The highest BCUT2D eigenvalue weighted by atomic mass is 16.5. The number of methoxy groups -OCH3 is 1. The van der Waals surface area contributed by atoms with E-state index < -0.39 is 5.97 Å². The number of benzene rings is 1. The van der Waals surface area contributed by atoms with E-state index in [-0.39, 0.29) is 11.4 Å². The van der Waals surface area contributed by atoms with E-state index in [1.54, 1.807) is 6.07 Å². The first-order valence-electron chi connectivity index (χ1n) is 5.05. The maximum absolute atomic E-state index is 11.6. The summed E-state index contributed by atoms with van der Waals surface area (Å²) in [6.07, 6.45) is 1.45. The van der Waals surface area contributed by atoms with Crippen LogP contribution in [0, 0.1) is 0 Å². The summed E-state index contributed by atoms with van der Waals surface area (Å²) < 4.78 is 4.64. The molecule has 0 saturated carbocycles. The molecule has 1 N–H and O–H groups in total. The van der Waals surface area contributed by atoms with Crippen molar-refractivity contribution in [1.82, 2.24) is 4.98 Å². The van der Waals surface area contributed by atoms with Gasteiger partial charge in [-0.3, -0.25) is 0 Å². The molecule has 0 spiro atoms. The number of ether oxygens (including phenoxy) is 1. The van der Waals surface area contributed by atoms with Crippen molar-refractivity contribution in [3.63, 3.8) is 0 Å². The predicted molar refractivity (Wildman–Crippen MR) is 62.7 cm³/mol. The summed E-state index contributed by atoms with van der Waals surface area (Å²) >= 11 is 0. The monoisotopic (exact) mass is 229 g/mol. The van der Waals surface area contributed by atoms with Gasteiger partial charge in [-0.1, -0.05) is 30.3 Å². The lowest BCUT2D eigenvalue weighted by atomic mass is 10.0. The first kappa shape index (κ1) is 11.1. The summed E-state index contributed by atoms with van der Waals surface area (Å²) in [7, 11) is 1.27. The molecule has 0 atom stereocenters. The Hall–Kier alpha value is -2.36. The molecule has 0 aliphatic carbocycles. The lowest BCUT2D eigenvalue weighted by Gasteiger charge is -2.08. The highest BCUT2D eigenvalue weighted by Gasteiger charge is 2.18. The molecule has 4 heteroatoms. The van der Waals surface area contributed by atoms with Crippen LogP contribution >= 0.6 is 0 Å². The standard InChI is InChI=1S/C13H11NO3/c1-17-13(16)11-10(7-8-14-12(11)15)9-5-3-2-4-6-9/h2-8H,1H3,(H,14,15). The van der Waals surface area contributed by atoms with Crippen LogP contribution in [-0.4, -0.2) is 23.2 Å². The summed E-state index contributed by atoms with van der Waals surface area (Å²) in [5.74, 6) is -0.923. The fourth-order valence-electron chi connectivity index (χ4n) is 1.61. The topological polar surface area (TPSA) is 59.4 Å². The quantitative estimate of drug-likeness (QED) is 0.802. The molecular weight excluding hydrogens is 218 g/mol. The van der Waals surface area contributed by atoms with Crippen molar-refractivity contribution < 1.29 is 14.6 Å². The Morgan fingerprint density at radius 2 is 1.94 bits per heavy atom. The average molecular weight is 229 g/mol. The third-order valence-electron chi connectivity index (χ3n) is 2.41. The first-order valence-corrected chi connectivity index (χ1v) is 5.05. The van der Waals surface area contributed by atoms with Crippen LogP contribution in [0.2, 0.25) is 0 Å². The van der Waals surface area contributed by atoms with Crippen LogP contribution < -0.4 is 0 Å². The van der Waals surface area contributed by atoms with Gasteiger partial charge in [0, 0.05) is 11.8 Å². The predicted octanol–water partition coefficient (Wildman–Crippen LogP) is 2.24. The van der Waals surface area contributed by atoms with Gasteiger partial charge in [0.1, 0.15) is 5.56 Å². The molecule has 0 aliphatic heterocycles. The summed E-state index contributed by atoms with van der Waals surface area (Å²) in [6, 6.07) is 11.0. The van der Waals surface area contributed by atoms with Gasteiger partial charge >= 0.3 is 5.97 Å². The van der Waals surface area contributed by atoms with E-state index in [1.165, 1.54) is 13.3 Å². The van der Waals surface area contributed by atoms with E-state index >= 15 is 0 Å². The number of carbonyl (C=O) groups excluding carboxylic acids is 1. The number of carbonyl (C=O) groups is 1. The zero-order valence-electron chi connectivity index (χ0n) is 9.25. The third-order valence-corrected chi connectivity index (χ3v) is 2.41. The third kappa shape index (κ3) is 2.10. The van der Waals surface area contributed by atoms with Crippen molar-refractivity contribution in [2.45, 2.75) is 0 Å². The summed E-state index contributed by atoms with van der Waals surface area (Å²) in [4.78, 5) is 15.3. The van der Waals surface area contributed by atoms with Gasteiger partial charge in [0.2, 0.25) is 5.88 Å². The normalized spacial score (nSPS) is 9.94. The molecule has 0 aliphatic rings. The Balaban J connectivity index is 2.62. The minimum atomic E-state index is -0.602. The van der Waals surface area contributed by atoms with Crippen LogP contribution in [0.4, 0.5) is 0 Å². The molecule has 86 valence electrons. The zero-order chi connectivity index (χ0) is 12.3. The Morgan fingerprint density at radius 3 is 2.59 bits per heavy atom. The zero-order valence-corrected chi connectivity index (χ0v) is 9.25. The Bertz CT molecular complexity index is 538. The minimum Gasteiger partial charge on any atom is -0.493 e. The van der Waals surface area contributed by atoms with Crippen LogP contribution in [0.15, 0.2) is 42.6 Å². The molecule has 0 saturated heterocycles. The van der Waals surface area contributed by atoms with E-state index in [9.17, 15) is 9.90 Å². The number of hydrogen-bond donors (Lipinski definition) is 1. The highest BCUT2D eigenvalue weighted by Crippen LogP contribution is 2.28. The molecule has 1 aromatic heterocycles. The second-order valence-electron chi connectivity index (χ2n) is 3.41. The van der Waals surface area contributed by atoms with Gasteiger partial charge in [0.25, 0.3) is 0 Å². The molecule has 0 radical (unpaired) electrons. The van der Waals surface area contributed by atoms with Gasteiger partial charge in [0.05, 0.1) is 7.11 Å². The molecule has 0 unspecified atom stereocenters. The summed E-state index contributed by atoms with van der Waals surface area (Å²) in [6.45, 7) is 0. The number of hydrogen-bond acceptors (Lipinski definition) is 4. The van der Waals surface area contributed by atoms with E-state index in [4.69, 9.17) is 0 Å². The Labute approximate surface area is 98.5 Å². The fourth-order valence-corrected chi connectivity index (χ4v) is 1.61. The largest absolute Gasteiger partial charge is 0.493 e. The van der Waals surface area contributed by atoms with Crippen molar-refractivity contribution in [1.29, 1.82) is 0 Å². The van der Waals surface area contributed by atoms with Gasteiger partial charge in [0.15, 0.2) is 0 Å². The molecule has 1 aromatic carbocycles. The first-order chi connectivity index (χ1) is 8.24. The number of nitrogens with zero attached hydrogens (tertiary/aromatic N) is 1. The van der Waals surface area contributed by atoms with Crippen molar-refractivity contribution in [2.75, 3.05) is 7.11 Å². The highest BCUT2D eigenvalue weighted by molar-refractivity contribution is 5.99. The molecule has 2 rings (SSSR count). The van der Waals surface area contributed by atoms with Gasteiger partial charge in [-0.2, -0.15) is 0 Å². The summed E-state index contributed by atoms with van der Waals surface area (Å²) in [5.41, 5.74) is 1.51. The maximum Gasteiger partial charge on any atom is 0.344 e. The van der Waals surface area contributed by atoms with E-state index in [0.717, 1.165) is 5.56 Å². The Morgan fingerprint density at radius 1 is 1.24 bits per heavy atom. The number of esters is 1. The number of rotatable bonds is 2. The number of pyridine rings is 1. The van der Waals surface area contributed by atoms with Crippen molar-refractivity contribution in [3.05, 3.63) is 48.2 Å². The molecule has 0 fully saturated rings. The average Bonchev–Trinajstić information content (AvgIpc) is 2.38. The van der Waals surface area contributed by atoms with Crippen LogP contribution in [0.25, 0.3) is 11.1 Å². The van der Waals surface area contributed by atoms with Gasteiger partial charge in [-0.25, -0.2) is 9.78 Å². The van der Waals surface area contributed by atoms with Crippen LogP contribution in [0.1, 0.15) is 10.4 Å². The van der Waals surface area contributed by atoms with E-state index in [2.05, 4.69) is 9.72 Å². The fraction of sp³-hybridized carbons (Fsp3) is 0.0769. The smallest absolute Gasteiger partial charge is 0.344 e. The van der Waals surface area contributed by atoms with Crippen LogP contribution in [0.5, 0.6) is 5.88 Å². The number of aromatic hydroxyl groups is 1. The lowest BCUT2D eigenvalue weighted by Crippen LogP contribution is -2.05. The number of aromatic nitrogens is 1. The Kier molecular flexibility index (Phi) is 3.05. The molecular formula is C13H11NO3. The summed E-state index contributed by atoms with van der Waals surface area (Å²) in [5, 5.41) is 9.64.